The molecule has 1 saturated carbocycles. The van der Waals surface area contributed by atoms with Crippen LogP contribution in [0.4, 0.5) is 0 Å². The van der Waals surface area contributed by atoms with E-state index >= 15 is 0 Å². The Morgan fingerprint density at radius 1 is 0.759 bits per heavy atom. The van der Waals surface area contributed by atoms with Crippen LogP contribution in [0.25, 0.3) is 0 Å². The molecule has 1 aliphatic rings. The Balaban J connectivity index is 1.63. The van der Waals surface area contributed by atoms with Crippen LogP contribution in [0.2, 0.25) is 0 Å². The minimum Gasteiger partial charge on any atom is -0.390 e. The highest BCUT2D eigenvalue weighted by Gasteiger charge is 2.36. The molecule has 0 saturated heterocycles. The molecule has 0 amide bonds. The van der Waals surface area contributed by atoms with Crippen molar-refractivity contribution < 1.29 is 30.3 Å². The average molecular weight is 441 g/mol. The lowest BCUT2D eigenvalue weighted by molar-refractivity contribution is -0.0268. The van der Waals surface area contributed by atoms with Crippen molar-refractivity contribution in [2.45, 2.75) is 61.2 Å². The number of aliphatic hydroxyl groups is 1. The number of benzene rings is 2. The second-order valence-electron chi connectivity index (χ2n) is 7.27. The lowest BCUT2D eigenvalue weighted by Gasteiger charge is -2.31. The highest BCUT2D eigenvalue weighted by Crippen LogP contribution is 2.29. The van der Waals surface area contributed by atoms with Crippen molar-refractivity contribution in [1.82, 2.24) is 0 Å². The third-order valence-corrected chi connectivity index (χ3v) is 7.56. The minimum atomic E-state index is -4.03. The van der Waals surface area contributed by atoms with E-state index in [-0.39, 0.29) is 29.1 Å². The van der Waals surface area contributed by atoms with Crippen LogP contribution < -0.4 is 0 Å². The van der Waals surface area contributed by atoms with Gasteiger partial charge in [-0.25, -0.2) is 0 Å². The second-order valence-corrected chi connectivity index (χ2v) is 10.4. The van der Waals surface area contributed by atoms with Gasteiger partial charge in [-0.1, -0.05) is 35.4 Å². The molecule has 7 nitrogen and oxygen atoms in total. The lowest BCUT2D eigenvalue weighted by atomic mass is 9.93. The Bertz CT molecular complexity index is 1040. The summed E-state index contributed by atoms with van der Waals surface area (Å²) in [5.41, 5.74) is 1.84. The maximum Gasteiger partial charge on any atom is 0.297 e. The quantitative estimate of drug-likeness (QED) is 0.688. The fourth-order valence-corrected chi connectivity index (χ4v) is 5.39. The molecule has 0 aliphatic heterocycles. The van der Waals surface area contributed by atoms with E-state index in [1.165, 1.54) is 24.3 Å². The van der Waals surface area contributed by atoms with Crippen LogP contribution >= 0.6 is 0 Å². The van der Waals surface area contributed by atoms with Crippen LogP contribution in [0.5, 0.6) is 0 Å². The summed E-state index contributed by atoms with van der Waals surface area (Å²) in [6.45, 7) is 3.69. The first-order chi connectivity index (χ1) is 13.6. The van der Waals surface area contributed by atoms with Gasteiger partial charge in [0.15, 0.2) is 0 Å². The maximum atomic E-state index is 12.4. The molecule has 1 aliphatic carbocycles. The van der Waals surface area contributed by atoms with Gasteiger partial charge in [-0.3, -0.25) is 8.37 Å². The monoisotopic (exact) mass is 440 g/mol. The summed E-state index contributed by atoms with van der Waals surface area (Å²) in [5, 5.41) is 10.3. The minimum absolute atomic E-state index is 0.00984. The van der Waals surface area contributed by atoms with Crippen LogP contribution in [0, 0.1) is 13.8 Å². The molecule has 2 aromatic carbocycles. The van der Waals surface area contributed by atoms with Crippen molar-refractivity contribution in [3.8, 4) is 0 Å². The lowest BCUT2D eigenvalue weighted by Crippen LogP contribution is -2.40. The molecule has 29 heavy (non-hydrogen) atoms. The second kappa shape index (κ2) is 8.53. The van der Waals surface area contributed by atoms with E-state index in [2.05, 4.69) is 0 Å². The van der Waals surface area contributed by atoms with Gasteiger partial charge in [-0.15, -0.1) is 0 Å². The first kappa shape index (κ1) is 21.9. The van der Waals surface area contributed by atoms with Crippen LogP contribution in [0.15, 0.2) is 58.3 Å². The molecular formula is C20H24O7S2. The summed E-state index contributed by atoms with van der Waals surface area (Å²) >= 11 is 0. The molecular weight excluding hydrogens is 416 g/mol. The van der Waals surface area contributed by atoms with Gasteiger partial charge >= 0.3 is 0 Å². The number of aryl methyl sites for hydroxylation is 2. The van der Waals surface area contributed by atoms with E-state index in [9.17, 15) is 21.9 Å². The Labute approximate surface area is 171 Å². The Kier molecular flexibility index (Phi) is 6.45. The van der Waals surface area contributed by atoms with E-state index in [4.69, 9.17) is 8.37 Å². The topological polar surface area (TPSA) is 107 Å². The molecule has 3 rings (SSSR count). The van der Waals surface area contributed by atoms with Gasteiger partial charge in [0.2, 0.25) is 0 Å². The smallest absolute Gasteiger partial charge is 0.297 e. The molecule has 2 aromatic rings. The summed E-state index contributed by atoms with van der Waals surface area (Å²) < 4.78 is 60.1. The van der Waals surface area contributed by atoms with Crippen LogP contribution in [0.1, 0.15) is 30.4 Å². The van der Waals surface area contributed by atoms with Gasteiger partial charge in [0.05, 0.1) is 22.0 Å². The van der Waals surface area contributed by atoms with Crippen LogP contribution in [-0.2, 0) is 28.6 Å². The molecule has 0 aromatic heterocycles. The number of aliphatic hydroxyl groups excluding tert-OH is 1. The number of hydrogen-bond acceptors (Lipinski definition) is 7. The number of rotatable bonds is 6. The predicted octanol–water partition coefficient (Wildman–Crippen LogP) is 2.70. The van der Waals surface area contributed by atoms with Gasteiger partial charge in [-0.2, -0.15) is 16.8 Å². The van der Waals surface area contributed by atoms with Crippen LogP contribution in [0.3, 0.4) is 0 Å². The van der Waals surface area contributed by atoms with E-state index in [0.29, 0.717) is 0 Å². The third kappa shape index (κ3) is 5.43. The first-order valence-corrected chi connectivity index (χ1v) is 12.1. The van der Waals surface area contributed by atoms with E-state index in [0.717, 1.165) is 11.1 Å². The molecule has 3 unspecified atom stereocenters. The molecule has 9 heteroatoms. The van der Waals surface area contributed by atoms with Gasteiger partial charge < -0.3 is 5.11 Å². The SMILES string of the molecule is Cc1ccc(S(=O)(=O)OC2CCC(OS(=O)(=O)c3ccc(C)cc3)C(O)C2)cc1. The van der Waals surface area contributed by atoms with E-state index in [1.807, 2.05) is 13.8 Å². The normalized spacial score (nSPS) is 23.1. The summed E-state index contributed by atoms with van der Waals surface area (Å²) in [6.07, 6.45) is -2.51. The highest BCUT2D eigenvalue weighted by molar-refractivity contribution is 7.87. The number of hydrogen-bond donors (Lipinski definition) is 1. The van der Waals surface area contributed by atoms with E-state index in [1.54, 1.807) is 24.3 Å². The predicted molar refractivity (Wildman–Crippen MR) is 106 cm³/mol. The van der Waals surface area contributed by atoms with Crippen molar-refractivity contribution in [2.75, 3.05) is 0 Å². The summed E-state index contributed by atoms with van der Waals surface area (Å²) in [7, 11) is -8.00. The molecule has 0 spiro atoms. The third-order valence-electron chi connectivity index (χ3n) is 4.84. The zero-order valence-corrected chi connectivity index (χ0v) is 17.8. The molecule has 3 atom stereocenters. The molecule has 0 bridgehead atoms. The average Bonchev–Trinajstić information content (AvgIpc) is 2.64. The zero-order valence-electron chi connectivity index (χ0n) is 16.2. The highest BCUT2D eigenvalue weighted by atomic mass is 32.2. The van der Waals surface area contributed by atoms with Crippen molar-refractivity contribution in [3.05, 3.63) is 59.7 Å². The van der Waals surface area contributed by atoms with Crippen molar-refractivity contribution in [1.29, 1.82) is 0 Å². The largest absolute Gasteiger partial charge is 0.390 e. The van der Waals surface area contributed by atoms with Crippen molar-refractivity contribution in [3.63, 3.8) is 0 Å². The summed E-state index contributed by atoms with van der Waals surface area (Å²) in [5.74, 6) is 0. The first-order valence-electron chi connectivity index (χ1n) is 9.25. The molecule has 0 heterocycles. The van der Waals surface area contributed by atoms with E-state index < -0.39 is 38.5 Å². The maximum absolute atomic E-state index is 12.4. The summed E-state index contributed by atoms with van der Waals surface area (Å²) in [6, 6.07) is 12.5. The molecule has 1 fully saturated rings. The molecule has 0 radical (unpaired) electrons. The van der Waals surface area contributed by atoms with Crippen LogP contribution in [-0.4, -0.2) is 40.3 Å². The fraction of sp³-hybridized carbons (Fsp3) is 0.400. The Hall–Kier alpha value is -1.78. The Morgan fingerprint density at radius 2 is 1.21 bits per heavy atom. The van der Waals surface area contributed by atoms with Gasteiger partial charge in [0.25, 0.3) is 20.2 Å². The molecule has 1 N–H and O–H groups in total. The van der Waals surface area contributed by atoms with Crippen molar-refractivity contribution in [2.24, 2.45) is 0 Å². The van der Waals surface area contributed by atoms with Gasteiger partial charge in [-0.05, 0) is 51.0 Å². The fourth-order valence-electron chi connectivity index (χ4n) is 3.14. The zero-order chi connectivity index (χ0) is 21.2. The Morgan fingerprint density at radius 3 is 1.66 bits per heavy atom. The summed E-state index contributed by atoms with van der Waals surface area (Å²) in [4.78, 5) is 0.0496. The van der Waals surface area contributed by atoms with Gasteiger partial charge in [0.1, 0.15) is 6.10 Å². The standard InChI is InChI=1S/C20H24O7S2/c1-14-3-8-17(9-4-14)28(22,23)26-16-7-12-20(19(21)13-16)27-29(24,25)18-10-5-15(2)6-11-18/h3-6,8-11,16,19-21H,7,12-13H2,1-2H3. The van der Waals surface area contributed by atoms with Gasteiger partial charge in [0, 0.05) is 6.42 Å². The van der Waals surface area contributed by atoms with Crippen molar-refractivity contribution >= 4 is 20.2 Å². The molecule has 158 valence electrons.